The van der Waals surface area contributed by atoms with E-state index >= 15 is 0 Å². The number of urea groups is 1. The Balaban J connectivity index is 1.81. The van der Waals surface area contributed by atoms with Crippen molar-refractivity contribution in [2.45, 2.75) is 44.6 Å². The number of hydrogen-bond donors (Lipinski definition) is 1. The summed E-state index contributed by atoms with van der Waals surface area (Å²) in [6.45, 7) is 5.33. The van der Waals surface area contributed by atoms with Crippen molar-refractivity contribution < 1.29 is 9.59 Å². The number of hydrogen-bond acceptors (Lipinski definition) is 2. The third-order valence-corrected chi connectivity index (χ3v) is 5.12. The first kappa shape index (κ1) is 15.8. The van der Waals surface area contributed by atoms with E-state index in [2.05, 4.69) is 11.4 Å². The molecule has 0 radical (unpaired) electrons. The molecule has 1 fully saturated rings. The average Bonchev–Trinajstić information content (AvgIpc) is 2.53. The van der Waals surface area contributed by atoms with Crippen molar-refractivity contribution in [3.63, 3.8) is 0 Å². The van der Waals surface area contributed by atoms with Crippen molar-refractivity contribution in [1.82, 2.24) is 10.2 Å². The monoisotopic (exact) mass is 315 g/mol. The summed E-state index contributed by atoms with van der Waals surface area (Å²) in [5.41, 5.74) is 2.16. The van der Waals surface area contributed by atoms with Crippen LogP contribution in [0.15, 0.2) is 24.3 Å². The van der Waals surface area contributed by atoms with Gasteiger partial charge < -0.3 is 15.1 Å². The van der Waals surface area contributed by atoms with Gasteiger partial charge in [-0.1, -0.05) is 18.2 Å². The number of carbonyl (C=O) groups is 2. The van der Waals surface area contributed by atoms with Gasteiger partial charge in [0.2, 0.25) is 5.91 Å². The number of nitrogens with one attached hydrogen (secondary N) is 1. The lowest BCUT2D eigenvalue weighted by Gasteiger charge is -2.46. The molecule has 0 saturated carbocycles. The molecule has 0 bridgehead atoms. The number of benzene rings is 1. The summed E-state index contributed by atoms with van der Waals surface area (Å²) in [5.74, 6) is 0.170. The van der Waals surface area contributed by atoms with Gasteiger partial charge in [0.05, 0.1) is 0 Å². The molecule has 124 valence electrons. The molecule has 2 aliphatic heterocycles. The predicted octanol–water partition coefficient (Wildman–Crippen LogP) is 2.50. The van der Waals surface area contributed by atoms with Gasteiger partial charge in [0.1, 0.15) is 0 Å². The van der Waals surface area contributed by atoms with Crippen LogP contribution in [-0.2, 0) is 10.2 Å². The SMILES string of the molecule is CC(C)NC(=O)N1CCC2(CC1)CC(=O)N(C)c1ccccc12. The maximum absolute atomic E-state index is 12.4. The Morgan fingerprint density at radius 1 is 1.22 bits per heavy atom. The molecule has 2 aliphatic rings. The van der Waals surface area contributed by atoms with E-state index in [0.717, 1.165) is 18.5 Å². The summed E-state index contributed by atoms with van der Waals surface area (Å²) < 4.78 is 0. The molecule has 1 aromatic rings. The minimum atomic E-state index is -0.116. The fraction of sp³-hybridized carbons (Fsp3) is 0.556. The van der Waals surface area contributed by atoms with Gasteiger partial charge in [-0.3, -0.25) is 4.79 Å². The van der Waals surface area contributed by atoms with Crippen LogP contribution in [0.1, 0.15) is 38.7 Å². The molecule has 0 aliphatic carbocycles. The van der Waals surface area contributed by atoms with Crippen LogP contribution < -0.4 is 10.2 Å². The lowest BCUT2D eigenvalue weighted by Crippen LogP contribution is -2.53. The molecule has 0 aromatic heterocycles. The number of rotatable bonds is 1. The number of nitrogens with zero attached hydrogens (tertiary/aromatic N) is 2. The Morgan fingerprint density at radius 3 is 2.52 bits per heavy atom. The summed E-state index contributed by atoms with van der Waals surface area (Å²) >= 11 is 0. The minimum absolute atomic E-state index is 0.00221. The smallest absolute Gasteiger partial charge is 0.317 e. The number of likely N-dealkylation sites (tertiary alicyclic amines) is 1. The first-order valence-electron chi connectivity index (χ1n) is 8.34. The second-order valence-electron chi connectivity index (χ2n) is 7.02. The first-order chi connectivity index (χ1) is 10.9. The van der Waals surface area contributed by atoms with Gasteiger partial charge in [-0.25, -0.2) is 4.79 Å². The zero-order chi connectivity index (χ0) is 16.6. The number of piperidine rings is 1. The molecule has 3 rings (SSSR count). The Hall–Kier alpha value is -2.04. The molecular formula is C18H25N3O2. The highest BCUT2D eigenvalue weighted by Gasteiger charge is 2.44. The minimum Gasteiger partial charge on any atom is -0.336 e. The molecule has 0 unspecified atom stereocenters. The molecule has 5 nitrogen and oxygen atoms in total. The average molecular weight is 315 g/mol. The molecule has 0 atom stereocenters. The Labute approximate surface area is 137 Å². The third-order valence-electron chi connectivity index (χ3n) is 5.12. The van der Waals surface area contributed by atoms with Crippen LogP contribution in [0.2, 0.25) is 0 Å². The Bertz CT molecular complexity index is 618. The highest BCUT2D eigenvalue weighted by molar-refractivity contribution is 5.97. The molecular weight excluding hydrogens is 290 g/mol. The number of anilines is 1. The van der Waals surface area contributed by atoms with E-state index in [0.29, 0.717) is 19.5 Å². The van der Waals surface area contributed by atoms with Crippen LogP contribution in [0.25, 0.3) is 0 Å². The van der Waals surface area contributed by atoms with Crippen LogP contribution in [0, 0.1) is 0 Å². The number of fused-ring (bicyclic) bond motifs is 2. The van der Waals surface area contributed by atoms with Crippen molar-refractivity contribution in [1.29, 1.82) is 0 Å². The van der Waals surface area contributed by atoms with Crippen LogP contribution >= 0.6 is 0 Å². The van der Waals surface area contributed by atoms with Gasteiger partial charge in [0.15, 0.2) is 0 Å². The fourth-order valence-corrected chi connectivity index (χ4v) is 3.77. The van der Waals surface area contributed by atoms with Crippen LogP contribution in [0.3, 0.4) is 0 Å². The van der Waals surface area contributed by atoms with Gasteiger partial charge in [0, 0.05) is 43.7 Å². The van der Waals surface area contributed by atoms with E-state index in [1.54, 1.807) is 4.90 Å². The standard InChI is InChI=1S/C18H25N3O2/c1-13(2)19-17(23)21-10-8-18(9-11-21)12-16(22)20(3)15-7-5-4-6-14(15)18/h4-7,13H,8-12H2,1-3H3,(H,19,23). The van der Waals surface area contributed by atoms with E-state index < -0.39 is 0 Å². The predicted molar refractivity (Wildman–Crippen MR) is 90.6 cm³/mol. The van der Waals surface area contributed by atoms with Crippen molar-refractivity contribution in [3.05, 3.63) is 29.8 Å². The van der Waals surface area contributed by atoms with Gasteiger partial charge in [-0.15, -0.1) is 0 Å². The molecule has 1 spiro atoms. The van der Waals surface area contributed by atoms with E-state index in [-0.39, 0.29) is 23.4 Å². The molecule has 1 aromatic carbocycles. The second kappa shape index (κ2) is 5.87. The van der Waals surface area contributed by atoms with E-state index in [1.807, 2.05) is 44.0 Å². The van der Waals surface area contributed by atoms with E-state index in [4.69, 9.17) is 0 Å². The van der Waals surface area contributed by atoms with Crippen LogP contribution in [-0.4, -0.2) is 43.0 Å². The van der Waals surface area contributed by atoms with Gasteiger partial charge in [-0.2, -0.15) is 0 Å². The van der Waals surface area contributed by atoms with Crippen molar-refractivity contribution >= 4 is 17.6 Å². The lowest BCUT2D eigenvalue weighted by atomic mass is 9.68. The normalized spacial score (nSPS) is 19.9. The van der Waals surface area contributed by atoms with Crippen LogP contribution in [0.5, 0.6) is 0 Å². The van der Waals surface area contributed by atoms with Crippen molar-refractivity contribution in [2.24, 2.45) is 0 Å². The second-order valence-corrected chi connectivity index (χ2v) is 7.02. The fourth-order valence-electron chi connectivity index (χ4n) is 3.77. The zero-order valence-electron chi connectivity index (χ0n) is 14.1. The summed E-state index contributed by atoms with van der Waals surface area (Å²) in [5, 5.41) is 2.95. The largest absolute Gasteiger partial charge is 0.336 e. The topological polar surface area (TPSA) is 52.7 Å². The summed E-state index contributed by atoms with van der Waals surface area (Å²) in [6.07, 6.45) is 2.23. The number of para-hydroxylation sites is 1. The highest BCUT2D eigenvalue weighted by atomic mass is 16.2. The third kappa shape index (κ3) is 2.80. The number of carbonyl (C=O) groups excluding carboxylic acids is 2. The molecule has 23 heavy (non-hydrogen) atoms. The van der Waals surface area contributed by atoms with Crippen molar-refractivity contribution in [3.8, 4) is 0 Å². The molecule has 3 amide bonds. The van der Waals surface area contributed by atoms with Gasteiger partial charge in [-0.05, 0) is 38.3 Å². The number of amides is 3. The molecule has 1 N–H and O–H groups in total. The van der Waals surface area contributed by atoms with Gasteiger partial charge in [0.25, 0.3) is 0 Å². The Morgan fingerprint density at radius 2 is 1.87 bits per heavy atom. The summed E-state index contributed by atoms with van der Waals surface area (Å²) in [4.78, 5) is 28.2. The quantitative estimate of drug-likeness (QED) is 0.866. The molecule has 5 heteroatoms. The first-order valence-corrected chi connectivity index (χ1v) is 8.34. The van der Waals surface area contributed by atoms with Gasteiger partial charge >= 0.3 is 6.03 Å². The van der Waals surface area contributed by atoms with E-state index in [1.165, 1.54) is 5.56 Å². The van der Waals surface area contributed by atoms with Crippen LogP contribution in [0.4, 0.5) is 10.5 Å². The maximum atomic E-state index is 12.4. The molecule has 1 saturated heterocycles. The van der Waals surface area contributed by atoms with E-state index in [9.17, 15) is 9.59 Å². The Kier molecular flexibility index (Phi) is 4.04. The zero-order valence-corrected chi connectivity index (χ0v) is 14.1. The highest BCUT2D eigenvalue weighted by Crippen LogP contribution is 2.46. The summed E-state index contributed by atoms with van der Waals surface area (Å²) in [7, 11) is 1.85. The summed E-state index contributed by atoms with van der Waals surface area (Å²) in [6, 6.07) is 8.33. The maximum Gasteiger partial charge on any atom is 0.317 e. The van der Waals surface area contributed by atoms with Crippen molar-refractivity contribution in [2.75, 3.05) is 25.0 Å². The lowest BCUT2D eigenvalue weighted by molar-refractivity contribution is -0.120. The molecule has 2 heterocycles.